The molecule has 0 atom stereocenters. The number of nitriles is 1. The molecule has 1 fully saturated rings. The van der Waals surface area contributed by atoms with Crippen molar-refractivity contribution in [3.63, 3.8) is 0 Å². The lowest BCUT2D eigenvalue weighted by Crippen LogP contribution is -2.47. The fourth-order valence-corrected chi connectivity index (χ4v) is 2.51. The topological polar surface area (TPSA) is 52.9 Å². The van der Waals surface area contributed by atoms with Gasteiger partial charge in [-0.05, 0) is 31.2 Å². The molecule has 1 amide bonds. The van der Waals surface area contributed by atoms with Crippen LogP contribution >= 0.6 is 0 Å². The van der Waals surface area contributed by atoms with E-state index in [0.717, 1.165) is 5.56 Å². The molecule has 1 aromatic carbocycles. The van der Waals surface area contributed by atoms with Crippen LogP contribution in [0.2, 0.25) is 0 Å². The number of rotatable bonds is 3. The average molecular weight is 242 g/mol. The summed E-state index contributed by atoms with van der Waals surface area (Å²) < 4.78 is 0. The second kappa shape index (κ2) is 4.81. The lowest BCUT2D eigenvalue weighted by Gasteiger charge is -2.39. The van der Waals surface area contributed by atoms with Gasteiger partial charge in [0.05, 0.1) is 6.07 Å². The van der Waals surface area contributed by atoms with Crippen LogP contribution in [0.1, 0.15) is 30.9 Å². The Kier molecular flexibility index (Phi) is 3.38. The van der Waals surface area contributed by atoms with Gasteiger partial charge in [-0.1, -0.05) is 36.8 Å². The first kappa shape index (κ1) is 12.6. The summed E-state index contributed by atoms with van der Waals surface area (Å²) in [5.41, 5.74) is 1.49. The third-order valence-electron chi connectivity index (χ3n) is 3.62. The van der Waals surface area contributed by atoms with Crippen molar-refractivity contribution in [2.45, 2.75) is 33.2 Å². The van der Waals surface area contributed by atoms with E-state index in [2.05, 4.69) is 18.3 Å². The van der Waals surface area contributed by atoms with Gasteiger partial charge in [0.1, 0.15) is 5.41 Å². The van der Waals surface area contributed by atoms with Crippen LogP contribution in [0.5, 0.6) is 0 Å². The SMILES string of the molecule is Cc1ccc(CNC(=O)C2(C#N)CC(C)C2)cc1. The minimum atomic E-state index is -0.774. The van der Waals surface area contributed by atoms with Gasteiger partial charge in [-0.3, -0.25) is 4.79 Å². The van der Waals surface area contributed by atoms with Crippen molar-refractivity contribution in [1.82, 2.24) is 5.32 Å². The summed E-state index contributed by atoms with van der Waals surface area (Å²) >= 11 is 0. The van der Waals surface area contributed by atoms with Crippen molar-refractivity contribution in [1.29, 1.82) is 5.26 Å². The number of benzene rings is 1. The van der Waals surface area contributed by atoms with Crippen molar-refractivity contribution < 1.29 is 4.79 Å². The number of aryl methyl sites for hydroxylation is 1. The highest BCUT2D eigenvalue weighted by Crippen LogP contribution is 2.45. The Morgan fingerprint density at radius 2 is 2.06 bits per heavy atom. The normalized spacial score (nSPS) is 25.9. The predicted octanol–water partition coefficient (Wildman–Crippen LogP) is 2.55. The van der Waals surface area contributed by atoms with E-state index < -0.39 is 5.41 Å². The molecule has 3 heteroatoms. The molecular formula is C15H18N2O. The van der Waals surface area contributed by atoms with Crippen molar-refractivity contribution in [2.75, 3.05) is 0 Å². The van der Waals surface area contributed by atoms with E-state index in [1.165, 1.54) is 5.56 Å². The van der Waals surface area contributed by atoms with Crippen molar-refractivity contribution in [3.05, 3.63) is 35.4 Å². The Morgan fingerprint density at radius 3 is 2.56 bits per heavy atom. The molecular weight excluding hydrogens is 224 g/mol. The van der Waals surface area contributed by atoms with Crippen molar-refractivity contribution in [2.24, 2.45) is 11.3 Å². The molecule has 0 radical (unpaired) electrons. The van der Waals surface area contributed by atoms with Gasteiger partial charge in [-0.2, -0.15) is 5.26 Å². The summed E-state index contributed by atoms with van der Waals surface area (Å²) in [5.74, 6) is 0.360. The standard InChI is InChI=1S/C15H18N2O/c1-11-3-5-13(6-4-11)9-17-14(18)15(10-16)7-12(2)8-15/h3-6,12H,7-9H2,1-2H3,(H,17,18). The van der Waals surface area contributed by atoms with Crippen LogP contribution in [-0.4, -0.2) is 5.91 Å². The number of nitrogens with zero attached hydrogens (tertiary/aromatic N) is 1. The molecule has 1 N–H and O–H groups in total. The zero-order chi connectivity index (χ0) is 13.2. The molecule has 3 nitrogen and oxygen atoms in total. The third kappa shape index (κ3) is 2.38. The zero-order valence-corrected chi connectivity index (χ0v) is 10.9. The number of amides is 1. The monoisotopic (exact) mass is 242 g/mol. The van der Waals surface area contributed by atoms with E-state index in [9.17, 15) is 4.79 Å². The van der Waals surface area contributed by atoms with Gasteiger partial charge in [0.2, 0.25) is 5.91 Å². The summed E-state index contributed by atoms with van der Waals surface area (Å²) in [6.45, 7) is 4.60. The average Bonchev–Trinajstić information content (AvgIpc) is 2.33. The van der Waals surface area contributed by atoms with Crippen LogP contribution in [0.25, 0.3) is 0 Å². The lowest BCUT2D eigenvalue weighted by molar-refractivity contribution is -0.134. The number of carbonyl (C=O) groups excluding carboxylic acids is 1. The minimum Gasteiger partial charge on any atom is -0.351 e. The van der Waals surface area contributed by atoms with Gasteiger partial charge in [0.25, 0.3) is 0 Å². The maximum absolute atomic E-state index is 12.0. The molecule has 0 spiro atoms. The second-order valence-electron chi connectivity index (χ2n) is 5.38. The molecule has 1 aromatic rings. The van der Waals surface area contributed by atoms with Gasteiger partial charge >= 0.3 is 0 Å². The Hall–Kier alpha value is -1.82. The predicted molar refractivity (Wildman–Crippen MR) is 69.5 cm³/mol. The molecule has 2 rings (SSSR count). The van der Waals surface area contributed by atoms with Gasteiger partial charge in [-0.15, -0.1) is 0 Å². The van der Waals surface area contributed by atoms with Crippen LogP contribution in [0.4, 0.5) is 0 Å². The molecule has 18 heavy (non-hydrogen) atoms. The van der Waals surface area contributed by atoms with Crippen molar-refractivity contribution in [3.8, 4) is 6.07 Å². The number of hydrogen-bond donors (Lipinski definition) is 1. The lowest BCUT2D eigenvalue weighted by atomic mass is 9.63. The first-order valence-corrected chi connectivity index (χ1v) is 6.31. The molecule has 94 valence electrons. The summed E-state index contributed by atoms with van der Waals surface area (Å²) in [5, 5.41) is 12.0. The van der Waals surface area contributed by atoms with Gasteiger partial charge in [0, 0.05) is 6.54 Å². The maximum atomic E-state index is 12.0. The maximum Gasteiger partial charge on any atom is 0.240 e. The molecule has 0 aromatic heterocycles. The smallest absolute Gasteiger partial charge is 0.240 e. The van der Waals surface area contributed by atoms with E-state index in [1.807, 2.05) is 31.2 Å². The molecule has 1 saturated carbocycles. The quantitative estimate of drug-likeness (QED) is 0.885. The molecule has 0 bridgehead atoms. The van der Waals surface area contributed by atoms with E-state index in [4.69, 9.17) is 5.26 Å². The molecule has 0 heterocycles. The largest absolute Gasteiger partial charge is 0.351 e. The summed E-state index contributed by atoms with van der Waals surface area (Å²) in [7, 11) is 0. The minimum absolute atomic E-state index is 0.122. The highest BCUT2D eigenvalue weighted by Gasteiger charge is 2.48. The number of nitrogens with one attached hydrogen (secondary N) is 1. The molecule has 0 saturated heterocycles. The highest BCUT2D eigenvalue weighted by atomic mass is 16.2. The van der Waals surface area contributed by atoms with Gasteiger partial charge in [-0.25, -0.2) is 0 Å². The van der Waals surface area contributed by atoms with Crippen LogP contribution in [-0.2, 0) is 11.3 Å². The van der Waals surface area contributed by atoms with E-state index in [0.29, 0.717) is 25.3 Å². The molecule has 1 aliphatic carbocycles. The van der Waals surface area contributed by atoms with Gasteiger partial charge in [0.15, 0.2) is 0 Å². The first-order valence-electron chi connectivity index (χ1n) is 6.31. The molecule has 0 aliphatic heterocycles. The van der Waals surface area contributed by atoms with Gasteiger partial charge < -0.3 is 5.32 Å². The van der Waals surface area contributed by atoms with Crippen LogP contribution < -0.4 is 5.32 Å². The fraction of sp³-hybridized carbons (Fsp3) is 0.467. The van der Waals surface area contributed by atoms with Crippen molar-refractivity contribution >= 4 is 5.91 Å². The summed E-state index contributed by atoms with van der Waals surface area (Å²) in [4.78, 5) is 12.0. The van der Waals surface area contributed by atoms with Crippen LogP contribution in [0.3, 0.4) is 0 Å². The zero-order valence-electron chi connectivity index (χ0n) is 10.9. The summed E-state index contributed by atoms with van der Waals surface area (Å²) in [6.07, 6.45) is 1.37. The third-order valence-corrected chi connectivity index (χ3v) is 3.62. The van der Waals surface area contributed by atoms with Crippen LogP contribution in [0, 0.1) is 29.6 Å². The van der Waals surface area contributed by atoms with E-state index in [-0.39, 0.29) is 5.91 Å². The second-order valence-corrected chi connectivity index (χ2v) is 5.38. The Morgan fingerprint density at radius 1 is 1.44 bits per heavy atom. The Bertz CT molecular complexity index is 478. The highest BCUT2D eigenvalue weighted by molar-refractivity contribution is 5.86. The Labute approximate surface area is 108 Å². The number of hydrogen-bond acceptors (Lipinski definition) is 2. The van der Waals surface area contributed by atoms with Crippen LogP contribution in [0.15, 0.2) is 24.3 Å². The Balaban J connectivity index is 1.93. The molecule has 1 aliphatic rings. The molecule has 0 unspecified atom stereocenters. The fourth-order valence-electron chi connectivity index (χ4n) is 2.51. The van der Waals surface area contributed by atoms with E-state index >= 15 is 0 Å². The van der Waals surface area contributed by atoms with E-state index in [1.54, 1.807) is 0 Å². The first-order chi connectivity index (χ1) is 8.55. The number of carbonyl (C=O) groups is 1. The summed E-state index contributed by atoms with van der Waals surface area (Å²) in [6, 6.07) is 10.2.